The molecule has 0 saturated heterocycles. The number of fused-ring (bicyclic) bond motifs is 1. The van der Waals surface area contributed by atoms with E-state index in [1.165, 1.54) is 0 Å². The largest absolute Gasteiger partial charge is 0.497 e. The molecular formula is C21H14ClN3OS2. The van der Waals surface area contributed by atoms with Crippen molar-refractivity contribution in [2.24, 2.45) is 0 Å². The molecule has 3 heterocycles. The maximum absolute atomic E-state index is 5.99. The van der Waals surface area contributed by atoms with Gasteiger partial charge in [0.1, 0.15) is 10.8 Å². The molecule has 0 N–H and O–H groups in total. The molecule has 0 aliphatic carbocycles. The van der Waals surface area contributed by atoms with Crippen LogP contribution in [-0.2, 0) is 0 Å². The van der Waals surface area contributed by atoms with E-state index in [2.05, 4.69) is 21.4 Å². The Morgan fingerprint density at radius 1 is 0.857 bits per heavy atom. The number of thiazole rings is 2. The summed E-state index contributed by atoms with van der Waals surface area (Å²) in [4.78, 5) is 10.5. The van der Waals surface area contributed by atoms with Gasteiger partial charge in [0.05, 0.1) is 24.2 Å². The molecule has 0 saturated carbocycles. The first-order chi connectivity index (χ1) is 13.7. The summed E-state index contributed by atoms with van der Waals surface area (Å²) in [6.07, 6.45) is 2.06. The van der Waals surface area contributed by atoms with Crippen molar-refractivity contribution >= 4 is 39.2 Å². The predicted molar refractivity (Wildman–Crippen MR) is 117 cm³/mol. The predicted octanol–water partition coefficient (Wildman–Crippen LogP) is 6.52. The number of benzene rings is 2. The lowest BCUT2D eigenvalue weighted by atomic mass is 10.2. The standard InChI is InChI=1S/C21H14ClN3OS2/c1-26-16-8-4-13(5-9-16)17-10-25-19(12-28-21(25)24-17)20-23-18(11-27-20)14-2-6-15(22)7-3-14/h2-12H,1H3. The van der Waals surface area contributed by atoms with Gasteiger partial charge in [-0.05, 0) is 36.4 Å². The number of methoxy groups -OCH3 is 1. The van der Waals surface area contributed by atoms with Crippen molar-refractivity contribution < 1.29 is 4.74 Å². The van der Waals surface area contributed by atoms with E-state index in [0.717, 1.165) is 48.9 Å². The molecule has 5 aromatic rings. The number of imidazole rings is 1. The Bertz CT molecular complexity index is 1250. The van der Waals surface area contributed by atoms with Crippen LogP contribution in [0.4, 0.5) is 0 Å². The van der Waals surface area contributed by atoms with Gasteiger partial charge in [0.2, 0.25) is 0 Å². The van der Waals surface area contributed by atoms with Crippen LogP contribution in [0.15, 0.2) is 65.5 Å². The van der Waals surface area contributed by atoms with Crippen molar-refractivity contribution in [1.29, 1.82) is 0 Å². The van der Waals surface area contributed by atoms with E-state index in [1.807, 2.05) is 48.5 Å². The lowest BCUT2D eigenvalue weighted by molar-refractivity contribution is 0.415. The molecule has 28 heavy (non-hydrogen) atoms. The van der Waals surface area contributed by atoms with E-state index in [1.54, 1.807) is 29.8 Å². The Labute approximate surface area is 174 Å². The number of halogens is 1. The van der Waals surface area contributed by atoms with Crippen LogP contribution >= 0.6 is 34.3 Å². The summed E-state index contributed by atoms with van der Waals surface area (Å²) in [5.74, 6) is 0.836. The first-order valence-corrected chi connectivity index (χ1v) is 10.7. The molecule has 3 aromatic heterocycles. The number of nitrogens with zero attached hydrogens (tertiary/aromatic N) is 3. The quantitative estimate of drug-likeness (QED) is 0.330. The minimum atomic E-state index is 0.725. The summed E-state index contributed by atoms with van der Waals surface area (Å²) < 4.78 is 7.34. The van der Waals surface area contributed by atoms with Gasteiger partial charge in [-0.2, -0.15) is 0 Å². The Kier molecular flexibility index (Phi) is 4.39. The van der Waals surface area contributed by atoms with Crippen LogP contribution in [0.3, 0.4) is 0 Å². The van der Waals surface area contributed by atoms with E-state index in [9.17, 15) is 0 Å². The Morgan fingerprint density at radius 3 is 2.32 bits per heavy atom. The molecule has 7 heteroatoms. The minimum Gasteiger partial charge on any atom is -0.497 e. The van der Waals surface area contributed by atoms with Crippen molar-refractivity contribution in [3.63, 3.8) is 0 Å². The van der Waals surface area contributed by atoms with Crippen molar-refractivity contribution in [2.75, 3.05) is 7.11 Å². The van der Waals surface area contributed by atoms with Crippen LogP contribution in [0.25, 0.3) is 38.2 Å². The highest BCUT2D eigenvalue weighted by atomic mass is 35.5. The van der Waals surface area contributed by atoms with Crippen molar-refractivity contribution in [2.45, 2.75) is 0 Å². The highest BCUT2D eigenvalue weighted by Gasteiger charge is 2.14. The van der Waals surface area contributed by atoms with E-state index in [-0.39, 0.29) is 0 Å². The molecule has 0 unspecified atom stereocenters. The highest BCUT2D eigenvalue weighted by Crippen LogP contribution is 2.33. The average molecular weight is 424 g/mol. The molecule has 0 aliphatic rings. The molecule has 5 rings (SSSR count). The molecule has 138 valence electrons. The number of aromatic nitrogens is 3. The first-order valence-electron chi connectivity index (χ1n) is 8.54. The molecule has 0 bridgehead atoms. The highest BCUT2D eigenvalue weighted by molar-refractivity contribution is 7.16. The fraction of sp³-hybridized carbons (Fsp3) is 0.0476. The lowest BCUT2D eigenvalue weighted by Crippen LogP contribution is -1.84. The van der Waals surface area contributed by atoms with E-state index < -0.39 is 0 Å². The summed E-state index contributed by atoms with van der Waals surface area (Å²) in [6, 6.07) is 15.7. The van der Waals surface area contributed by atoms with Gasteiger partial charge in [0, 0.05) is 33.1 Å². The van der Waals surface area contributed by atoms with Gasteiger partial charge < -0.3 is 4.74 Å². The number of hydrogen-bond donors (Lipinski definition) is 0. The molecule has 0 radical (unpaired) electrons. The summed E-state index contributed by atoms with van der Waals surface area (Å²) >= 11 is 9.23. The molecular weight excluding hydrogens is 410 g/mol. The molecule has 4 nitrogen and oxygen atoms in total. The summed E-state index contributed by atoms with van der Waals surface area (Å²) in [6.45, 7) is 0. The van der Waals surface area contributed by atoms with Gasteiger partial charge in [0.15, 0.2) is 4.96 Å². The summed E-state index contributed by atoms with van der Waals surface area (Å²) in [5, 5.41) is 5.87. The third-order valence-electron chi connectivity index (χ3n) is 4.46. The molecule has 0 atom stereocenters. The molecule has 0 spiro atoms. The third kappa shape index (κ3) is 3.09. The number of hydrogen-bond acceptors (Lipinski definition) is 5. The monoisotopic (exact) mass is 423 g/mol. The SMILES string of the molecule is COc1ccc(-c2cn3c(-c4nc(-c5ccc(Cl)cc5)cs4)csc3n2)cc1. The second-order valence-electron chi connectivity index (χ2n) is 6.17. The van der Waals surface area contributed by atoms with Gasteiger partial charge in [-0.3, -0.25) is 4.40 Å². The average Bonchev–Trinajstić information content (AvgIpc) is 3.44. The molecule has 0 amide bonds. The maximum atomic E-state index is 5.99. The van der Waals surface area contributed by atoms with Crippen LogP contribution < -0.4 is 4.74 Å². The smallest absolute Gasteiger partial charge is 0.194 e. The summed E-state index contributed by atoms with van der Waals surface area (Å²) in [7, 11) is 1.67. The van der Waals surface area contributed by atoms with Crippen LogP contribution in [0, 0.1) is 0 Å². The zero-order valence-corrected chi connectivity index (χ0v) is 17.2. The maximum Gasteiger partial charge on any atom is 0.194 e. The lowest BCUT2D eigenvalue weighted by Gasteiger charge is -2.00. The van der Waals surface area contributed by atoms with Crippen LogP contribution in [0.2, 0.25) is 5.02 Å². The number of rotatable bonds is 4. The van der Waals surface area contributed by atoms with Gasteiger partial charge >= 0.3 is 0 Å². The molecule has 0 aliphatic heterocycles. The second kappa shape index (κ2) is 7.05. The molecule has 0 fully saturated rings. The van der Waals surface area contributed by atoms with E-state index in [0.29, 0.717) is 0 Å². The fourth-order valence-corrected chi connectivity index (χ4v) is 4.88. The van der Waals surface area contributed by atoms with E-state index >= 15 is 0 Å². The topological polar surface area (TPSA) is 39.4 Å². The minimum absolute atomic E-state index is 0.725. The van der Waals surface area contributed by atoms with Crippen LogP contribution in [0.5, 0.6) is 5.75 Å². The zero-order valence-electron chi connectivity index (χ0n) is 14.8. The van der Waals surface area contributed by atoms with Gasteiger partial charge in [-0.1, -0.05) is 23.7 Å². The van der Waals surface area contributed by atoms with Gasteiger partial charge in [0.25, 0.3) is 0 Å². The second-order valence-corrected chi connectivity index (χ2v) is 8.30. The van der Waals surface area contributed by atoms with Gasteiger partial charge in [-0.15, -0.1) is 22.7 Å². The third-order valence-corrected chi connectivity index (χ3v) is 6.41. The van der Waals surface area contributed by atoms with E-state index in [4.69, 9.17) is 26.3 Å². The van der Waals surface area contributed by atoms with Crippen molar-refractivity contribution in [3.8, 4) is 39.0 Å². The Morgan fingerprint density at radius 2 is 1.57 bits per heavy atom. The number of ether oxygens (including phenoxy) is 1. The van der Waals surface area contributed by atoms with Gasteiger partial charge in [-0.25, -0.2) is 9.97 Å². The zero-order chi connectivity index (χ0) is 19.1. The van der Waals surface area contributed by atoms with Crippen molar-refractivity contribution in [3.05, 3.63) is 70.5 Å². The Balaban J connectivity index is 1.51. The Hall–Kier alpha value is -2.67. The van der Waals surface area contributed by atoms with Crippen LogP contribution in [0.1, 0.15) is 0 Å². The van der Waals surface area contributed by atoms with Crippen LogP contribution in [-0.4, -0.2) is 21.5 Å². The normalized spacial score (nSPS) is 11.2. The first kappa shape index (κ1) is 17.4. The fourth-order valence-electron chi connectivity index (χ4n) is 2.98. The molecule has 2 aromatic carbocycles. The van der Waals surface area contributed by atoms with Crippen molar-refractivity contribution in [1.82, 2.24) is 14.4 Å². The summed E-state index contributed by atoms with van der Waals surface area (Å²) in [5.41, 5.74) is 5.06.